The van der Waals surface area contributed by atoms with Crippen molar-refractivity contribution in [2.45, 2.75) is 6.92 Å². The highest BCUT2D eigenvalue weighted by atomic mass is 16.6. The van der Waals surface area contributed by atoms with E-state index in [0.29, 0.717) is 16.9 Å². The molecule has 0 spiro atoms. The first-order valence-corrected chi connectivity index (χ1v) is 9.80. The third-order valence-electron chi connectivity index (χ3n) is 5.07. The summed E-state index contributed by atoms with van der Waals surface area (Å²) in [5.41, 5.74) is 13.7. The van der Waals surface area contributed by atoms with Gasteiger partial charge >= 0.3 is 0 Å². The fourth-order valence-electron chi connectivity index (χ4n) is 3.31. The molecule has 0 aliphatic heterocycles. The van der Waals surface area contributed by atoms with Crippen molar-refractivity contribution < 1.29 is 19.2 Å². The standard InChI is InChI=1S/C23H23N5O5/c1-13-7-10-18(16(24)11-13)27(2)23(30)14-8-9-17(20(12-14)33-3)26-22(29)15-5-4-6-19(21(15)25)28(31)32/h4-12H,24-25H2,1-3H3,(H,26,29). The Morgan fingerprint density at radius 1 is 1.09 bits per heavy atom. The van der Waals surface area contributed by atoms with Crippen molar-refractivity contribution >= 4 is 40.3 Å². The number of aryl methyl sites for hydroxylation is 1. The molecule has 3 rings (SSSR count). The lowest BCUT2D eigenvalue weighted by atomic mass is 10.1. The molecule has 3 aromatic rings. The van der Waals surface area contributed by atoms with Crippen LogP contribution in [-0.4, -0.2) is 30.9 Å². The topological polar surface area (TPSA) is 154 Å². The zero-order valence-corrected chi connectivity index (χ0v) is 18.3. The molecule has 0 unspecified atom stereocenters. The fourth-order valence-corrected chi connectivity index (χ4v) is 3.31. The third kappa shape index (κ3) is 4.69. The summed E-state index contributed by atoms with van der Waals surface area (Å²) in [6, 6.07) is 13.9. The van der Waals surface area contributed by atoms with Crippen molar-refractivity contribution in [3.63, 3.8) is 0 Å². The Morgan fingerprint density at radius 2 is 1.82 bits per heavy atom. The van der Waals surface area contributed by atoms with Crippen LogP contribution in [0.3, 0.4) is 0 Å². The highest BCUT2D eigenvalue weighted by molar-refractivity contribution is 6.11. The number of carbonyl (C=O) groups is 2. The highest BCUT2D eigenvalue weighted by Gasteiger charge is 2.21. The summed E-state index contributed by atoms with van der Waals surface area (Å²) in [5.74, 6) is -0.758. The maximum atomic E-state index is 13.0. The average molecular weight is 449 g/mol. The first-order chi connectivity index (χ1) is 15.6. The number of amides is 2. The molecule has 0 aliphatic rings. The number of nitro groups is 1. The van der Waals surface area contributed by atoms with Crippen molar-refractivity contribution in [2.24, 2.45) is 0 Å². The van der Waals surface area contributed by atoms with Gasteiger partial charge in [0.15, 0.2) is 0 Å². The first kappa shape index (κ1) is 23.1. The van der Waals surface area contributed by atoms with Gasteiger partial charge in [0, 0.05) is 18.7 Å². The molecular weight excluding hydrogens is 426 g/mol. The molecule has 0 bridgehead atoms. The Balaban J connectivity index is 1.87. The number of hydrogen-bond acceptors (Lipinski definition) is 7. The molecule has 0 saturated carbocycles. The SMILES string of the molecule is COc1cc(C(=O)N(C)c2ccc(C)cc2N)ccc1NC(=O)c1cccc([N+](=O)[O-])c1N. The molecule has 10 nitrogen and oxygen atoms in total. The monoisotopic (exact) mass is 449 g/mol. The van der Waals surface area contributed by atoms with E-state index in [1.807, 2.05) is 13.0 Å². The lowest BCUT2D eigenvalue weighted by Gasteiger charge is -2.20. The summed E-state index contributed by atoms with van der Waals surface area (Å²) < 4.78 is 5.34. The predicted octanol–water partition coefficient (Wildman–Crippen LogP) is 3.61. The second kappa shape index (κ2) is 9.27. The molecule has 5 N–H and O–H groups in total. The number of hydrogen-bond donors (Lipinski definition) is 3. The summed E-state index contributed by atoms with van der Waals surface area (Å²) in [7, 11) is 3.00. The molecule has 0 aromatic heterocycles. The Hall–Kier alpha value is -4.60. The Morgan fingerprint density at radius 3 is 2.45 bits per heavy atom. The van der Waals surface area contributed by atoms with Crippen LogP contribution < -0.4 is 26.4 Å². The van der Waals surface area contributed by atoms with Gasteiger partial charge in [-0.15, -0.1) is 0 Å². The van der Waals surface area contributed by atoms with Crippen LogP contribution in [0.25, 0.3) is 0 Å². The normalized spacial score (nSPS) is 10.4. The Bertz CT molecular complexity index is 1260. The van der Waals surface area contributed by atoms with E-state index >= 15 is 0 Å². The highest BCUT2D eigenvalue weighted by Crippen LogP contribution is 2.31. The number of ether oxygens (including phenoxy) is 1. The van der Waals surface area contributed by atoms with Gasteiger partial charge in [-0.3, -0.25) is 19.7 Å². The minimum Gasteiger partial charge on any atom is -0.495 e. The van der Waals surface area contributed by atoms with Gasteiger partial charge in [-0.25, -0.2) is 0 Å². The zero-order chi connectivity index (χ0) is 24.3. The van der Waals surface area contributed by atoms with Gasteiger partial charge in [0.1, 0.15) is 11.4 Å². The number of nitrogens with one attached hydrogen (secondary N) is 1. The quantitative estimate of drug-likeness (QED) is 0.295. The second-order valence-electron chi connectivity index (χ2n) is 7.29. The van der Waals surface area contributed by atoms with Crippen molar-refractivity contribution in [2.75, 3.05) is 35.8 Å². The van der Waals surface area contributed by atoms with Crippen LogP contribution in [0.2, 0.25) is 0 Å². The van der Waals surface area contributed by atoms with E-state index in [2.05, 4.69) is 5.32 Å². The first-order valence-electron chi connectivity index (χ1n) is 9.80. The van der Waals surface area contributed by atoms with Gasteiger partial charge in [0.2, 0.25) is 0 Å². The number of carbonyl (C=O) groups excluding carboxylic acids is 2. The molecule has 0 aliphatic carbocycles. The van der Waals surface area contributed by atoms with E-state index in [1.54, 1.807) is 19.2 Å². The number of benzene rings is 3. The van der Waals surface area contributed by atoms with Crippen molar-refractivity contribution in [3.8, 4) is 5.75 Å². The third-order valence-corrected chi connectivity index (χ3v) is 5.07. The second-order valence-corrected chi connectivity index (χ2v) is 7.29. The Kier molecular flexibility index (Phi) is 6.48. The maximum absolute atomic E-state index is 13.0. The summed E-state index contributed by atoms with van der Waals surface area (Å²) >= 11 is 0. The van der Waals surface area contributed by atoms with Gasteiger partial charge in [0.25, 0.3) is 17.5 Å². The number of para-hydroxylation sites is 1. The molecule has 0 fully saturated rings. The van der Waals surface area contributed by atoms with Crippen molar-refractivity contribution in [3.05, 3.63) is 81.4 Å². The van der Waals surface area contributed by atoms with Crippen LogP contribution in [0, 0.1) is 17.0 Å². The summed E-state index contributed by atoms with van der Waals surface area (Å²) in [6.45, 7) is 1.90. The molecule has 10 heteroatoms. The van der Waals surface area contributed by atoms with E-state index in [1.165, 1.54) is 48.4 Å². The number of nitrogens with two attached hydrogens (primary N) is 2. The maximum Gasteiger partial charge on any atom is 0.292 e. The van der Waals surface area contributed by atoms with E-state index in [4.69, 9.17) is 16.2 Å². The molecule has 0 heterocycles. The molecule has 3 aromatic carbocycles. The predicted molar refractivity (Wildman–Crippen MR) is 127 cm³/mol. The summed E-state index contributed by atoms with van der Waals surface area (Å²) in [4.78, 5) is 37.5. The number of nitrogen functional groups attached to an aromatic ring is 2. The molecule has 170 valence electrons. The lowest BCUT2D eigenvalue weighted by molar-refractivity contribution is -0.383. The zero-order valence-electron chi connectivity index (χ0n) is 18.3. The largest absolute Gasteiger partial charge is 0.495 e. The molecular formula is C23H23N5O5. The lowest BCUT2D eigenvalue weighted by Crippen LogP contribution is -2.27. The van der Waals surface area contributed by atoms with Crippen LogP contribution in [-0.2, 0) is 0 Å². The van der Waals surface area contributed by atoms with Gasteiger partial charge in [-0.1, -0.05) is 12.1 Å². The Labute approximate surface area is 189 Å². The van der Waals surface area contributed by atoms with E-state index in [0.717, 1.165) is 5.56 Å². The van der Waals surface area contributed by atoms with Crippen LogP contribution in [0.4, 0.5) is 28.4 Å². The van der Waals surface area contributed by atoms with Crippen LogP contribution in [0.5, 0.6) is 5.75 Å². The minimum atomic E-state index is -0.662. The van der Waals surface area contributed by atoms with Crippen molar-refractivity contribution in [1.82, 2.24) is 0 Å². The molecule has 0 radical (unpaired) electrons. The van der Waals surface area contributed by atoms with Gasteiger partial charge in [0.05, 0.1) is 34.7 Å². The van der Waals surface area contributed by atoms with Crippen LogP contribution in [0.1, 0.15) is 26.3 Å². The number of anilines is 4. The summed E-state index contributed by atoms with van der Waals surface area (Å²) in [5, 5.41) is 13.7. The van der Waals surface area contributed by atoms with Crippen LogP contribution in [0.15, 0.2) is 54.6 Å². The number of methoxy groups -OCH3 is 1. The minimum absolute atomic E-state index is 0.0546. The molecule has 33 heavy (non-hydrogen) atoms. The summed E-state index contributed by atoms with van der Waals surface area (Å²) in [6.07, 6.45) is 0. The molecule has 0 saturated heterocycles. The van der Waals surface area contributed by atoms with Gasteiger partial charge in [-0.2, -0.15) is 0 Å². The van der Waals surface area contributed by atoms with E-state index < -0.39 is 10.8 Å². The smallest absolute Gasteiger partial charge is 0.292 e. The van der Waals surface area contributed by atoms with E-state index in [9.17, 15) is 19.7 Å². The van der Waals surface area contributed by atoms with Gasteiger partial charge in [-0.05, 0) is 48.9 Å². The van der Waals surface area contributed by atoms with Crippen molar-refractivity contribution in [1.29, 1.82) is 0 Å². The van der Waals surface area contributed by atoms with Gasteiger partial charge < -0.3 is 26.4 Å². The molecule has 2 amide bonds. The number of nitro benzene ring substituents is 1. The number of nitrogens with zero attached hydrogens (tertiary/aromatic N) is 2. The molecule has 0 atom stereocenters. The fraction of sp³-hybridized carbons (Fsp3) is 0.130. The average Bonchev–Trinajstić information content (AvgIpc) is 2.78. The number of rotatable bonds is 6. The van der Waals surface area contributed by atoms with E-state index in [-0.39, 0.29) is 34.3 Å². The van der Waals surface area contributed by atoms with Crippen LogP contribution >= 0.6 is 0 Å².